The molecule has 1 aliphatic carbocycles. The molecule has 1 heterocycles. The van der Waals surface area contributed by atoms with E-state index in [4.69, 9.17) is 16.3 Å². The zero-order valence-corrected chi connectivity index (χ0v) is 12.1. The molecule has 2 atom stereocenters. The van der Waals surface area contributed by atoms with Gasteiger partial charge in [-0.2, -0.15) is 0 Å². The Morgan fingerprint density at radius 2 is 2.11 bits per heavy atom. The molecule has 2 aliphatic rings. The minimum atomic E-state index is -0.0806. The van der Waals surface area contributed by atoms with Crippen molar-refractivity contribution in [2.45, 2.75) is 6.04 Å². The van der Waals surface area contributed by atoms with Crippen LogP contribution < -0.4 is 15.4 Å². The quantitative estimate of drug-likeness (QED) is 0.894. The van der Waals surface area contributed by atoms with Gasteiger partial charge < -0.3 is 15.4 Å². The lowest BCUT2D eigenvalue weighted by atomic mass is 10.2. The number of piperidine rings is 1. The molecule has 2 fully saturated rings. The van der Waals surface area contributed by atoms with Gasteiger partial charge in [-0.05, 0) is 30.0 Å². The van der Waals surface area contributed by atoms with Crippen LogP contribution in [-0.4, -0.2) is 32.1 Å². The van der Waals surface area contributed by atoms with Crippen molar-refractivity contribution in [3.05, 3.63) is 28.8 Å². The van der Waals surface area contributed by atoms with Crippen molar-refractivity contribution in [3.8, 4) is 5.75 Å². The number of amides is 1. The number of halogens is 2. The summed E-state index contributed by atoms with van der Waals surface area (Å²) in [6, 6.07) is 5.38. The van der Waals surface area contributed by atoms with Gasteiger partial charge in [-0.25, -0.2) is 0 Å². The second-order valence-electron chi connectivity index (χ2n) is 4.83. The number of carbonyl (C=O) groups excluding carboxylic acids is 1. The minimum Gasteiger partial charge on any atom is -0.496 e. The molecule has 19 heavy (non-hydrogen) atoms. The highest BCUT2D eigenvalue weighted by molar-refractivity contribution is 6.30. The van der Waals surface area contributed by atoms with Crippen LogP contribution in [0.1, 0.15) is 10.4 Å². The first-order valence-corrected chi connectivity index (χ1v) is 6.43. The Morgan fingerprint density at radius 1 is 1.42 bits per heavy atom. The number of methoxy groups -OCH3 is 1. The highest BCUT2D eigenvalue weighted by Gasteiger charge is 2.53. The van der Waals surface area contributed by atoms with Crippen molar-refractivity contribution in [2.24, 2.45) is 11.8 Å². The number of hydrogen-bond donors (Lipinski definition) is 2. The molecule has 6 heteroatoms. The summed E-state index contributed by atoms with van der Waals surface area (Å²) in [4.78, 5) is 12.2. The van der Waals surface area contributed by atoms with Crippen molar-refractivity contribution in [1.82, 2.24) is 10.6 Å². The van der Waals surface area contributed by atoms with Gasteiger partial charge in [0.15, 0.2) is 0 Å². The molecule has 4 nitrogen and oxygen atoms in total. The summed E-state index contributed by atoms with van der Waals surface area (Å²) < 4.78 is 5.19. The first kappa shape index (κ1) is 14.4. The van der Waals surface area contributed by atoms with Gasteiger partial charge in [-0.15, -0.1) is 12.4 Å². The van der Waals surface area contributed by atoms with E-state index in [1.54, 1.807) is 18.2 Å². The minimum absolute atomic E-state index is 0. The fraction of sp³-hybridized carbons (Fsp3) is 0.462. The molecule has 1 aromatic carbocycles. The van der Waals surface area contributed by atoms with Crippen molar-refractivity contribution in [3.63, 3.8) is 0 Å². The van der Waals surface area contributed by atoms with Gasteiger partial charge in [0.1, 0.15) is 5.75 Å². The summed E-state index contributed by atoms with van der Waals surface area (Å²) in [6.45, 7) is 2.01. The number of benzene rings is 1. The van der Waals surface area contributed by atoms with Crippen LogP contribution in [0.2, 0.25) is 5.02 Å². The number of ether oxygens (including phenoxy) is 1. The summed E-state index contributed by atoms with van der Waals surface area (Å²) >= 11 is 5.88. The van der Waals surface area contributed by atoms with E-state index in [0.29, 0.717) is 34.2 Å². The van der Waals surface area contributed by atoms with Gasteiger partial charge >= 0.3 is 0 Å². The highest BCUT2D eigenvalue weighted by atomic mass is 35.5. The lowest BCUT2D eigenvalue weighted by molar-refractivity contribution is 0.0943. The average Bonchev–Trinajstić information content (AvgIpc) is 2.81. The van der Waals surface area contributed by atoms with E-state index < -0.39 is 0 Å². The van der Waals surface area contributed by atoms with Crippen LogP contribution in [-0.2, 0) is 0 Å². The lowest BCUT2D eigenvalue weighted by Crippen LogP contribution is -2.32. The fourth-order valence-electron chi connectivity index (χ4n) is 2.71. The van der Waals surface area contributed by atoms with Crippen LogP contribution >= 0.6 is 24.0 Å². The van der Waals surface area contributed by atoms with Gasteiger partial charge in [0.2, 0.25) is 0 Å². The van der Waals surface area contributed by atoms with Crippen LogP contribution in [0.4, 0.5) is 0 Å². The summed E-state index contributed by atoms with van der Waals surface area (Å²) in [5.74, 6) is 1.64. The normalized spacial score (nSPS) is 27.2. The zero-order valence-electron chi connectivity index (χ0n) is 10.5. The molecule has 1 amide bonds. The van der Waals surface area contributed by atoms with Gasteiger partial charge in [0.25, 0.3) is 5.91 Å². The first-order chi connectivity index (χ1) is 8.70. The first-order valence-electron chi connectivity index (χ1n) is 6.06. The molecule has 1 aliphatic heterocycles. The zero-order chi connectivity index (χ0) is 12.7. The Bertz CT molecular complexity index is 486. The topological polar surface area (TPSA) is 50.4 Å². The smallest absolute Gasteiger partial charge is 0.255 e. The van der Waals surface area contributed by atoms with E-state index in [0.717, 1.165) is 13.1 Å². The molecular weight excluding hydrogens is 287 g/mol. The molecule has 0 aromatic heterocycles. The Balaban J connectivity index is 0.00000133. The fourth-order valence-corrected chi connectivity index (χ4v) is 2.88. The van der Waals surface area contributed by atoms with E-state index in [1.165, 1.54) is 7.11 Å². The number of carbonyl (C=O) groups is 1. The predicted octanol–water partition coefficient (Wildman–Crippen LogP) is 1.72. The SMILES string of the molecule is COc1cc(Cl)ccc1C(=O)NC1C2CNCC21.Cl. The monoisotopic (exact) mass is 302 g/mol. The lowest BCUT2D eigenvalue weighted by Gasteiger charge is -2.11. The number of nitrogens with one attached hydrogen (secondary N) is 2. The van der Waals surface area contributed by atoms with E-state index in [2.05, 4.69) is 10.6 Å². The molecule has 1 saturated heterocycles. The second-order valence-corrected chi connectivity index (χ2v) is 5.27. The Labute approximate surface area is 123 Å². The molecule has 0 bridgehead atoms. The van der Waals surface area contributed by atoms with Crippen molar-refractivity contribution in [2.75, 3.05) is 20.2 Å². The second kappa shape index (κ2) is 5.57. The van der Waals surface area contributed by atoms with Crippen LogP contribution in [0, 0.1) is 11.8 Å². The average molecular weight is 303 g/mol. The highest BCUT2D eigenvalue weighted by Crippen LogP contribution is 2.41. The summed E-state index contributed by atoms with van der Waals surface area (Å²) in [6.07, 6.45) is 0. The van der Waals surface area contributed by atoms with E-state index in [1.807, 2.05) is 0 Å². The molecule has 3 rings (SSSR count). The van der Waals surface area contributed by atoms with Crippen molar-refractivity contribution < 1.29 is 9.53 Å². The van der Waals surface area contributed by atoms with E-state index in [9.17, 15) is 4.79 Å². The Kier molecular flexibility index (Phi) is 4.23. The summed E-state index contributed by atoms with van der Waals surface area (Å²) in [5, 5.41) is 6.93. The van der Waals surface area contributed by atoms with Gasteiger partial charge in [-0.3, -0.25) is 4.79 Å². The van der Waals surface area contributed by atoms with Crippen molar-refractivity contribution in [1.29, 1.82) is 0 Å². The van der Waals surface area contributed by atoms with E-state index >= 15 is 0 Å². The maximum Gasteiger partial charge on any atom is 0.255 e. The molecule has 0 radical (unpaired) electrons. The molecule has 2 N–H and O–H groups in total. The molecule has 0 spiro atoms. The van der Waals surface area contributed by atoms with Gasteiger partial charge in [0, 0.05) is 24.2 Å². The van der Waals surface area contributed by atoms with Gasteiger partial charge in [-0.1, -0.05) is 11.6 Å². The molecule has 1 aromatic rings. The third kappa shape index (κ3) is 2.66. The third-order valence-electron chi connectivity index (χ3n) is 3.80. The molecule has 1 saturated carbocycles. The number of fused-ring (bicyclic) bond motifs is 1. The predicted molar refractivity (Wildman–Crippen MR) is 76.4 cm³/mol. The van der Waals surface area contributed by atoms with Crippen LogP contribution in [0.3, 0.4) is 0 Å². The van der Waals surface area contributed by atoms with Gasteiger partial charge in [0.05, 0.1) is 12.7 Å². The largest absolute Gasteiger partial charge is 0.496 e. The Morgan fingerprint density at radius 3 is 2.74 bits per heavy atom. The van der Waals surface area contributed by atoms with Crippen LogP contribution in [0.5, 0.6) is 5.75 Å². The molecular formula is C13H16Cl2N2O2. The number of rotatable bonds is 3. The van der Waals surface area contributed by atoms with E-state index in [-0.39, 0.29) is 18.3 Å². The van der Waals surface area contributed by atoms with Crippen molar-refractivity contribution >= 4 is 29.9 Å². The molecule has 104 valence electrons. The summed E-state index contributed by atoms with van der Waals surface area (Å²) in [5.41, 5.74) is 0.542. The van der Waals surface area contributed by atoms with Crippen LogP contribution in [0.15, 0.2) is 18.2 Å². The Hall–Kier alpha value is -0.970. The third-order valence-corrected chi connectivity index (χ3v) is 4.03. The molecule has 2 unspecified atom stereocenters. The summed E-state index contributed by atoms with van der Waals surface area (Å²) in [7, 11) is 1.54. The maximum absolute atomic E-state index is 12.2. The number of hydrogen-bond acceptors (Lipinski definition) is 3. The maximum atomic E-state index is 12.2. The van der Waals surface area contributed by atoms with Crippen LogP contribution in [0.25, 0.3) is 0 Å². The standard InChI is InChI=1S/C13H15ClN2O2.ClH/c1-18-11-4-7(14)2-3-8(11)13(17)16-12-9-5-15-6-10(9)12;/h2-4,9-10,12,15H,5-6H2,1H3,(H,16,17);1H.